The maximum absolute atomic E-state index is 12.6. The Kier molecular flexibility index (Phi) is 4.67. The summed E-state index contributed by atoms with van der Waals surface area (Å²) in [5.74, 6) is 0.499. The predicted octanol–water partition coefficient (Wildman–Crippen LogP) is 2.64. The van der Waals surface area contributed by atoms with E-state index in [1.54, 1.807) is 12.1 Å². The normalized spacial score (nSPS) is 23.3. The molecule has 0 aliphatic carbocycles. The van der Waals surface area contributed by atoms with Crippen molar-refractivity contribution in [1.29, 1.82) is 0 Å². The maximum atomic E-state index is 12.6. The van der Waals surface area contributed by atoms with Crippen LogP contribution in [0.25, 0.3) is 0 Å². The SMILES string of the molecule is CC1(C)Cc2cccc(S(=O)(=O)NCC[C@@H]3CCCCO3)c2O1. The standard InChI is InChI=1S/C17H25NO4S/c1-17(2)12-13-6-5-8-15(16(13)22-17)23(19,20)18-10-9-14-7-3-4-11-21-14/h5-6,8,14,18H,3-4,7,9-12H2,1-2H3/t14-/m0/s1. The summed E-state index contributed by atoms with van der Waals surface area (Å²) in [6.45, 7) is 5.11. The lowest BCUT2D eigenvalue weighted by atomic mass is 10.0. The van der Waals surface area contributed by atoms with Crippen LogP contribution < -0.4 is 9.46 Å². The van der Waals surface area contributed by atoms with Gasteiger partial charge in [-0.3, -0.25) is 0 Å². The van der Waals surface area contributed by atoms with E-state index < -0.39 is 10.0 Å². The number of para-hydroxylation sites is 1. The Labute approximate surface area is 138 Å². The molecule has 5 nitrogen and oxygen atoms in total. The van der Waals surface area contributed by atoms with E-state index >= 15 is 0 Å². The van der Waals surface area contributed by atoms with Crippen molar-refractivity contribution < 1.29 is 17.9 Å². The van der Waals surface area contributed by atoms with Crippen molar-refractivity contribution in [2.75, 3.05) is 13.2 Å². The molecule has 0 saturated carbocycles. The summed E-state index contributed by atoms with van der Waals surface area (Å²) in [4.78, 5) is 0.241. The molecule has 128 valence electrons. The second-order valence-corrected chi connectivity index (χ2v) is 8.69. The molecule has 0 amide bonds. The first-order valence-corrected chi connectivity index (χ1v) is 9.78. The smallest absolute Gasteiger partial charge is 0.244 e. The molecule has 23 heavy (non-hydrogen) atoms. The Morgan fingerprint density at radius 3 is 2.87 bits per heavy atom. The Morgan fingerprint density at radius 1 is 1.30 bits per heavy atom. The zero-order chi connectivity index (χ0) is 16.5. The first kappa shape index (κ1) is 16.7. The largest absolute Gasteiger partial charge is 0.486 e. The highest BCUT2D eigenvalue weighted by molar-refractivity contribution is 7.89. The fourth-order valence-electron chi connectivity index (χ4n) is 3.27. The Hall–Kier alpha value is -1.11. The summed E-state index contributed by atoms with van der Waals surface area (Å²) in [6.07, 6.45) is 4.88. The van der Waals surface area contributed by atoms with Gasteiger partial charge in [0.05, 0.1) is 6.10 Å². The molecular formula is C17H25NO4S. The average Bonchev–Trinajstić information content (AvgIpc) is 2.81. The van der Waals surface area contributed by atoms with E-state index in [0.29, 0.717) is 18.7 Å². The first-order valence-electron chi connectivity index (χ1n) is 8.30. The monoisotopic (exact) mass is 339 g/mol. The van der Waals surface area contributed by atoms with Gasteiger partial charge in [0.15, 0.2) is 0 Å². The zero-order valence-corrected chi connectivity index (χ0v) is 14.6. The molecule has 1 aromatic rings. The van der Waals surface area contributed by atoms with Crippen LogP contribution in [0.4, 0.5) is 0 Å². The van der Waals surface area contributed by atoms with Gasteiger partial charge in [-0.1, -0.05) is 12.1 Å². The van der Waals surface area contributed by atoms with Crippen LogP contribution in [0.3, 0.4) is 0 Å². The van der Waals surface area contributed by atoms with Crippen LogP contribution in [0.15, 0.2) is 23.1 Å². The fraction of sp³-hybridized carbons (Fsp3) is 0.647. The molecule has 2 aliphatic heterocycles. The Bertz CT molecular complexity index is 663. The third kappa shape index (κ3) is 3.87. The lowest BCUT2D eigenvalue weighted by Gasteiger charge is -2.22. The molecule has 1 fully saturated rings. The predicted molar refractivity (Wildman–Crippen MR) is 88.2 cm³/mol. The number of fused-ring (bicyclic) bond motifs is 1. The summed E-state index contributed by atoms with van der Waals surface area (Å²) in [6, 6.07) is 5.32. The van der Waals surface area contributed by atoms with Crippen molar-refractivity contribution in [2.24, 2.45) is 0 Å². The van der Waals surface area contributed by atoms with E-state index in [-0.39, 0.29) is 16.6 Å². The van der Waals surface area contributed by atoms with Crippen LogP contribution in [0.1, 0.15) is 45.1 Å². The second-order valence-electron chi connectivity index (χ2n) is 6.96. The quantitative estimate of drug-likeness (QED) is 0.896. The Balaban J connectivity index is 1.68. The van der Waals surface area contributed by atoms with E-state index in [1.165, 1.54) is 0 Å². The first-order chi connectivity index (χ1) is 10.9. The van der Waals surface area contributed by atoms with E-state index in [9.17, 15) is 8.42 Å². The molecule has 0 unspecified atom stereocenters. The zero-order valence-electron chi connectivity index (χ0n) is 13.8. The summed E-state index contributed by atoms with van der Waals surface area (Å²) in [5.41, 5.74) is 0.595. The lowest BCUT2D eigenvalue weighted by molar-refractivity contribution is 0.0123. The minimum Gasteiger partial charge on any atom is -0.486 e. The van der Waals surface area contributed by atoms with Crippen LogP contribution in [-0.2, 0) is 21.2 Å². The van der Waals surface area contributed by atoms with Gasteiger partial charge in [0.1, 0.15) is 16.2 Å². The van der Waals surface area contributed by atoms with Gasteiger partial charge in [-0.2, -0.15) is 0 Å². The van der Waals surface area contributed by atoms with Gasteiger partial charge in [-0.05, 0) is 51.2 Å². The van der Waals surface area contributed by atoms with Gasteiger partial charge < -0.3 is 9.47 Å². The van der Waals surface area contributed by atoms with Crippen LogP contribution in [0, 0.1) is 0 Å². The van der Waals surface area contributed by atoms with Crippen molar-refractivity contribution in [3.05, 3.63) is 23.8 Å². The van der Waals surface area contributed by atoms with E-state index in [0.717, 1.165) is 37.9 Å². The van der Waals surface area contributed by atoms with Crippen molar-refractivity contribution >= 4 is 10.0 Å². The molecule has 0 radical (unpaired) electrons. The summed E-state index contributed by atoms with van der Waals surface area (Å²) in [5, 5.41) is 0. The number of rotatable bonds is 5. The molecule has 1 atom stereocenters. The minimum atomic E-state index is -3.57. The minimum absolute atomic E-state index is 0.170. The van der Waals surface area contributed by atoms with Gasteiger partial charge in [-0.15, -0.1) is 0 Å². The lowest BCUT2D eigenvalue weighted by Crippen LogP contribution is -2.30. The van der Waals surface area contributed by atoms with Crippen LogP contribution in [0.5, 0.6) is 5.75 Å². The van der Waals surface area contributed by atoms with Gasteiger partial charge in [-0.25, -0.2) is 13.1 Å². The highest BCUT2D eigenvalue weighted by Crippen LogP contribution is 2.39. The molecule has 6 heteroatoms. The van der Waals surface area contributed by atoms with Crippen LogP contribution >= 0.6 is 0 Å². The number of hydrogen-bond donors (Lipinski definition) is 1. The van der Waals surface area contributed by atoms with Gasteiger partial charge in [0.25, 0.3) is 0 Å². The highest BCUT2D eigenvalue weighted by Gasteiger charge is 2.34. The Morgan fingerprint density at radius 2 is 2.13 bits per heavy atom. The molecule has 1 N–H and O–H groups in total. The summed E-state index contributed by atoms with van der Waals surface area (Å²) >= 11 is 0. The second kappa shape index (κ2) is 6.42. The molecule has 2 aliphatic rings. The summed E-state index contributed by atoms with van der Waals surface area (Å²) < 4.78 is 39.4. The third-order valence-electron chi connectivity index (χ3n) is 4.38. The summed E-state index contributed by atoms with van der Waals surface area (Å²) in [7, 11) is -3.57. The molecule has 3 rings (SSSR count). The van der Waals surface area contributed by atoms with Crippen molar-refractivity contribution in [1.82, 2.24) is 4.72 Å². The number of sulfonamides is 1. The molecule has 0 aromatic heterocycles. The van der Waals surface area contributed by atoms with Gasteiger partial charge in [0.2, 0.25) is 10.0 Å². The van der Waals surface area contributed by atoms with Gasteiger partial charge in [0, 0.05) is 19.6 Å². The van der Waals surface area contributed by atoms with Gasteiger partial charge >= 0.3 is 0 Å². The van der Waals surface area contributed by atoms with Crippen LogP contribution in [-0.4, -0.2) is 33.3 Å². The molecule has 0 bridgehead atoms. The van der Waals surface area contributed by atoms with E-state index in [2.05, 4.69) is 4.72 Å². The average molecular weight is 339 g/mol. The number of hydrogen-bond acceptors (Lipinski definition) is 4. The molecule has 2 heterocycles. The molecule has 1 aromatic carbocycles. The topological polar surface area (TPSA) is 64.6 Å². The fourth-order valence-corrected chi connectivity index (χ4v) is 4.48. The van der Waals surface area contributed by atoms with Crippen molar-refractivity contribution in [3.63, 3.8) is 0 Å². The van der Waals surface area contributed by atoms with E-state index in [1.807, 2.05) is 19.9 Å². The number of nitrogens with one attached hydrogen (secondary N) is 1. The highest BCUT2D eigenvalue weighted by atomic mass is 32.2. The maximum Gasteiger partial charge on any atom is 0.244 e. The van der Waals surface area contributed by atoms with Crippen molar-refractivity contribution in [2.45, 2.75) is 62.6 Å². The number of benzene rings is 1. The molecule has 1 saturated heterocycles. The number of ether oxygens (including phenoxy) is 2. The molecule has 0 spiro atoms. The van der Waals surface area contributed by atoms with Crippen molar-refractivity contribution in [3.8, 4) is 5.75 Å². The molecular weight excluding hydrogens is 314 g/mol. The third-order valence-corrected chi connectivity index (χ3v) is 5.86. The van der Waals surface area contributed by atoms with E-state index in [4.69, 9.17) is 9.47 Å². The van der Waals surface area contributed by atoms with Crippen LogP contribution in [0.2, 0.25) is 0 Å².